The first-order valence-corrected chi connectivity index (χ1v) is 3.23. The van der Waals surface area contributed by atoms with Gasteiger partial charge < -0.3 is 5.73 Å². The average molecular weight is 139 g/mol. The summed E-state index contributed by atoms with van der Waals surface area (Å²) in [6, 6.07) is 0. The number of nitrogens with two attached hydrogens (primary N) is 1. The van der Waals surface area contributed by atoms with Crippen LogP contribution in [-0.2, 0) is 0 Å². The smallest absolute Gasteiger partial charge is 0.101 e. The van der Waals surface area contributed by atoms with Gasteiger partial charge in [-0.15, -0.1) is 0 Å². The zero-order valence-corrected chi connectivity index (χ0v) is 6.41. The molecule has 0 fully saturated rings. The lowest BCUT2D eigenvalue weighted by atomic mass is 10.8. The summed E-state index contributed by atoms with van der Waals surface area (Å²) in [6.07, 6.45) is 4.99. The third-order valence-electron chi connectivity index (χ3n) is 0.836. The number of nitrogens with zero attached hydrogens (tertiary/aromatic N) is 2. The summed E-state index contributed by atoms with van der Waals surface area (Å²) in [4.78, 5) is 3.77. The van der Waals surface area contributed by atoms with Crippen LogP contribution in [0.5, 0.6) is 0 Å². The fourth-order valence-corrected chi connectivity index (χ4v) is 0.429. The van der Waals surface area contributed by atoms with Crippen molar-refractivity contribution in [1.82, 2.24) is 9.55 Å². The number of aromatic nitrogens is 2. The first-order valence-electron chi connectivity index (χ1n) is 3.23. The Labute approximate surface area is 61.2 Å². The van der Waals surface area contributed by atoms with Crippen LogP contribution in [-0.4, -0.2) is 9.55 Å². The molecule has 0 aliphatic carbocycles. The molecule has 3 nitrogen and oxygen atoms in total. The minimum absolute atomic E-state index is 0.488. The summed E-state index contributed by atoms with van der Waals surface area (Å²) in [7, 11) is 0. The van der Waals surface area contributed by atoms with Gasteiger partial charge in [0.15, 0.2) is 0 Å². The number of imidazole rings is 1. The van der Waals surface area contributed by atoms with Gasteiger partial charge in [0.25, 0.3) is 0 Å². The van der Waals surface area contributed by atoms with E-state index in [1.165, 1.54) is 0 Å². The molecule has 1 aromatic rings. The zero-order valence-electron chi connectivity index (χ0n) is 6.41. The lowest BCUT2D eigenvalue weighted by molar-refractivity contribution is 1.07. The van der Waals surface area contributed by atoms with Gasteiger partial charge in [0.2, 0.25) is 0 Å². The average Bonchev–Trinajstić information content (AvgIpc) is 2.42. The monoisotopic (exact) mass is 139 g/mol. The lowest BCUT2D eigenvalue weighted by Crippen LogP contribution is -2.00. The SMILES string of the molecule is C=C(N)n1ccnc1.CC. The van der Waals surface area contributed by atoms with E-state index in [0.29, 0.717) is 5.82 Å². The molecule has 1 rings (SSSR count). The van der Waals surface area contributed by atoms with E-state index in [1.807, 2.05) is 13.8 Å². The van der Waals surface area contributed by atoms with Crippen LogP contribution in [0.15, 0.2) is 25.3 Å². The van der Waals surface area contributed by atoms with E-state index in [-0.39, 0.29) is 0 Å². The van der Waals surface area contributed by atoms with Gasteiger partial charge in [0, 0.05) is 12.4 Å². The van der Waals surface area contributed by atoms with E-state index < -0.39 is 0 Å². The Kier molecular flexibility index (Phi) is 4.04. The highest BCUT2D eigenvalue weighted by Gasteiger charge is 1.84. The van der Waals surface area contributed by atoms with E-state index in [0.717, 1.165) is 0 Å². The number of rotatable bonds is 1. The Balaban J connectivity index is 0.000000371. The molecular weight excluding hydrogens is 126 g/mol. The van der Waals surface area contributed by atoms with Gasteiger partial charge in [-0.1, -0.05) is 20.4 Å². The highest BCUT2D eigenvalue weighted by atomic mass is 15.1. The molecule has 0 spiro atoms. The highest BCUT2D eigenvalue weighted by Crippen LogP contribution is 1.88. The summed E-state index contributed by atoms with van der Waals surface area (Å²) < 4.78 is 1.64. The standard InChI is InChI=1S/C5H7N3.C2H6/c1-5(6)8-3-2-7-4-8;1-2/h2-4H,1,6H2;1-2H3. The van der Waals surface area contributed by atoms with Gasteiger partial charge in [-0.3, -0.25) is 4.57 Å². The second-order valence-corrected chi connectivity index (χ2v) is 1.46. The van der Waals surface area contributed by atoms with Gasteiger partial charge in [-0.05, 0) is 0 Å². The molecule has 0 amide bonds. The van der Waals surface area contributed by atoms with Crippen molar-refractivity contribution in [1.29, 1.82) is 0 Å². The minimum atomic E-state index is 0.488. The molecule has 1 heterocycles. The second-order valence-electron chi connectivity index (χ2n) is 1.46. The van der Waals surface area contributed by atoms with Crippen LogP contribution in [0.25, 0.3) is 5.82 Å². The molecular formula is C7H13N3. The largest absolute Gasteiger partial charge is 0.385 e. The van der Waals surface area contributed by atoms with Gasteiger partial charge in [0.1, 0.15) is 12.1 Å². The van der Waals surface area contributed by atoms with Crippen molar-refractivity contribution in [3.8, 4) is 0 Å². The fourth-order valence-electron chi connectivity index (χ4n) is 0.429. The predicted octanol–water partition coefficient (Wildman–Crippen LogP) is 1.30. The predicted molar refractivity (Wildman–Crippen MR) is 43.1 cm³/mol. The first-order chi connectivity index (χ1) is 4.80. The highest BCUT2D eigenvalue weighted by molar-refractivity contribution is 5.34. The summed E-state index contributed by atoms with van der Waals surface area (Å²) in [5, 5.41) is 0. The van der Waals surface area contributed by atoms with E-state index in [4.69, 9.17) is 5.73 Å². The molecule has 0 saturated carbocycles. The quantitative estimate of drug-likeness (QED) is 0.637. The number of hydrogen-bond donors (Lipinski definition) is 1. The van der Waals surface area contributed by atoms with E-state index in [2.05, 4.69) is 11.6 Å². The van der Waals surface area contributed by atoms with Crippen molar-refractivity contribution in [2.45, 2.75) is 13.8 Å². The summed E-state index contributed by atoms with van der Waals surface area (Å²) >= 11 is 0. The molecule has 0 bridgehead atoms. The molecule has 0 aromatic carbocycles. The third kappa shape index (κ3) is 2.35. The maximum Gasteiger partial charge on any atom is 0.101 e. The van der Waals surface area contributed by atoms with Crippen molar-refractivity contribution in [3.05, 3.63) is 25.3 Å². The molecule has 56 valence electrons. The van der Waals surface area contributed by atoms with Crippen LogP contribution in [0.2, 0.25) is 0 Å². The summed E-state index contributed by atoms with van der Waals surface area (Å²) in [5.41, 5.74) is 5.29. The topological polar surface area (TPSA) is 43.8 Å². The normalized spacial score (nSPS) is 7.80. The molecule has 0 saturated heterocycles. The Morgan fingerprint density at radius 3 is 2.40 bits per heavy atom. The fraction of sp³-hybridized carbons (Fsp3) is 0.286. The van der Waals surface area contributed by atoms with Crippen molar-refractivity contribution in [2.75, 3.05) is 0 Å². The van der Waals surface area contributed by atoms with Crippen molar-refractivity contribution < 1.29 is 0 Å². The van der Waals surface area contributed by atoms with Crippen LogP contribution in [0.1, 0.15) is 13.8 Å². The van der Waals surface area contributed by atoms with Crippen LogP contribution in [0.3, 0.4) is 0 Å². The molecule has 3 heteroatoms. The molecule has 0 aliphatic rings. The van der Waals surface area contributed by atoms with Gasteiger partial charge >= 0.3 is 0 Å². The molecule has 0 atom stereocenters. The Hall–Kier alpha value is -1.25. The second kappa shape index (κ2) is 4.61. The van der Waals surface area contributed by atoms with Crippen LogP contribution >= 0.6 is 0 Å². The van der Waals surface area contributed by atoms with Crippen LogP contribution in [0.4, 0.5) is 0 Å². The minimum Gasteiger partial charge on any atom is -0.385 e. The number of hydrogen-bond acceptors (Lipinski definition) is 2. The molecule has 10 heavy (non-hydrogen) atoms. The summed E-state index contributed by atoms with van der Waals surface area (Å²) in [5.74, 6) is 0.488. The van der Waals surface area contributed by atoms with Gasteiger partial charge in [-0.2, -0.15) is 0 Å². The Morgan fingerprint density at radius 2 is 2.20 bits per heavy atom. The Morgan fingerprint density at radius 1 is 1.60 bits per heavy atom. The van der Waals surface area contributed by atoms with E-state index in [1.54, 1.807) is 23.3 Å². The van der Waals surface area contributed by atoms with Gasteiger partial charge in [0.05, 0.1) is 0 Å². The van der Waals surface area contributed by atoms with E-state index in [9.17, 15) is 0 Å². The van der Waals surface area contributed by atoms with Crippen molar-refractivity contribution in [2.24, 2.45) is 5.73 Å². The zero-order chi connectivity index (χ0) is 7.98. The first kappa shape index (κ1) is 8.75. The lowest BCUT2D eigenvalue weighted by Gasteiger charge is -1.94. The van der Waals surface area contributed by atoms with Gasteiger partial charge in [-0.25, -0.2) is 4.98 Å². The van der Waals surface area contributed by atoms with Crippen LogP contribution < -0.4 is 5.73 Å². The molecule has 0 unspecified atom stereocenters. The third-order valence-corrected chi connectivity index (χ3v) is 0.836. The van der Waals surface area contributed by atoms with Crippen LogP contribution in [0, 0.1) is 0 Å². The maximum absolute atomic E-state index is 5.29. The van der Waals surface area contributed by atoms with Crippen molar-refractivity contribution >= 4 is 5.82 Å². The molecule has 1 aromatic heterocycles. The van der Waals surface area contributed by atoms with Crippen molar-refractivity contribution in [3.63, 3.8) is 0 Å². The molecule has 2 N–H and O–H groups in total. The molecule has 0 radical (unpaired) electrons. The maximum atomic E-state index is 5.29. The molecule has 0 aliphatic heterocycles. The Bertz CT molecular complexity index is 177. The summed E-state index contributed by atoms with van der Waals surface area (Å²) in [6.45, 7) is 7.50. The van der Waals surface area contributed by atoms with E-state index >= 15 is 0 Å².